The number of aryl methyl sites for hydroxylation is 1. The van der Waals surface area contributed by atoms with Gasteiger partial charge < -0.3 is 10.5 Å². The van der Waals surface area contributed by atoms with Crippen molar-refractivity contribution in [1.29, 1.82) is 0 Å². The maximum atomic E-state index is 6.13. The van der Waals surface area contributed by atoms with Crippen LogP contribution in [0.25, 0.3) is 10.9 Å². The van der Waals surface area contributed by atoms with Gasteiger partial charge in [-0.25, -0.2) is 4.98 Å². The molecule has 0 radical (unpaired) electrons. The summed E-state index contributed by atoms with van der Waals surface area (Å²) in [7, 11) is 0. The van der Waals surface area contributed by atoms with Crippen molar-refractivity contribution in [2.45, 2.75) is 33.7 Å². The summed E-state index contributed by atoms with van der Waals surface area (Å²) in [6.07, 6.45) is 0. The van der Waals surface area contributed by atoms with Crippen molar-refractivity contribution in [1.82, 2.24) is 4.98 Å². The molecule has 1 aromatic carbocycles. The molecule has 1 aromatic heterocycles. The van der Waals surface area contributed by atoms with E-state index in [4.69, 9.17) is 10.5 Å². The molecule has 0 bridgehead atoms. The van der Waals surface area contributed by atoms with E-state index in [9.17, 15) is 0 Å². The fourth-order valence-electron chi connectivity index (χ4n) is 1.76. The van der Waals surface area contributed by atoms with Crippen molar-refractivity contribution in [3.63, 3.8) is 0 Å². The molecule has 0 aliphatic rings. The highest BCUT2D eigenvalue weighted by Crippen LogP contribution is 2.25. The van der Waals surface area contributed by atoms with E-state index in [-0.39, 0.29) is 11.5 Å². The summed E-state index contributed by atoms with van der Waals surface area (Å²) in [5.41, 5.74) is 8.06. The van der Waals surface area contributed by atoms with Crippen LogP contribution < -0.4 is 10.5 Å². The van der Waals surface area contributed by atoms with E-state index in [0.717, 1.165) is 22.3 Å². The number of nitrogens with two attached hydrogens (primary N) is 1. The largest absolute Gasteiger partial charge is 0.490 e. The monoisotopic (exact) mass is 258 g/mol. The second-order valence-corrected chi connectivity index (χ2v) is 6.06. The van der Waals surface area contributed by atoms with Crippen LogP contribution in [0, 0.1) is 12.3 Å². The molecule has 0 saturated heterocycles. The van der Waals surface area contributed by atoms with Gasteiger partial charge in [0.2, 0.25) is 0 Å². The molecule has 0 amide bonds. The summed E-state index contributed by atoms with van der Waals surface area (Å²) in [6.45, 7) is 8.83. The molecule has 0 spiro atoms. The van der Waals surface area contributed by atoms with Crippen LogP contribution in [-0.2, 0) is 0 Å². The quantitative estimate of drug-likeness (QED) is 0.919. The van der Waals surface area contributed by atoms with Gasteiger partial charge in [-0.2, -0.15) is 0 Å². The number of benzene rings is 1. The topological polar surface area (TPSA) is 48.1 Å². The Morgan fingerprint density at radius 1 is 1.21 bits per heavy atom. The minimum atomic E-state index is -0.00688. The van der Waals surface area contributed by atoms with Crippen LogP contribution in [0.1, 0.15) is 26.5 Å². The first-order chi connectivity index (χ1) is 8.88. The van der Waals surface area contributed by atoms with Crippen LogP contribution in [0.3, 0.4) is 0 Å². The molecule has 102 valence electrons. The summed E-state index contributed by atoms with van der Waals surface area (Å²) in [5.74, 6) is 0.806. The molecule has 3 heteroatoms. The number of aromatic nitrogens is 1. The van der Waals surface area contributed by atoms with Crippen molar-refractivity contribution >= 4 is 10.9 Å². The number of nitrogens with zero attached hydrogens (tertiary/aromatic N) is 1. The molecular weight excluding hydrogens is 236 g/mol. The standard InChI is InChI=1S/C16H22N2O/c1-11-8-9-12-6-5-7-13(15(12)18-11)19-10-14(17)16(2,3)4/h5-9,14H,10,17H2,1-4H3. The van der Waals surface area contributed by atoms with Gasteiger partial charge in [0.05, 0.1) is 0 Å². The van der Waals surface area contributed by atoms with Crippen LogP contribution in [-0.4, -0.2) is 17.6 Å². The number of hydrogen-bond donors (Lipinski definition) is 1. The van der Waals surface area contributed by atoms with Gasteiger partial charge in [0.1, 0.15) is 17.9 Å². The molecule has 0 fully saturated rings. The Balaban J connectivity index is 2.23. The number of para-hydroxylation sites is 1. The third kappa shape index (κ3) is 3.24. The van der Waals surface area contributed by atoms with Crippen LogP contribution >= 0.6 is 0 Å². The van der Waals surface area contributed by atoms with Gasteiger partial charge in [-0.3, -0.25) is 0 Å². The second kappa shape index (κ2) is 5.17. The fourth-order valence-corrected chi connectivity index (χ4v) is 1.76. The van der Waals surface area contributed by atoms with Crippen molar-refractivity contribution in [3.8, 4) is 5.75 Å². The number of hydrogen-bond acceptors (Lipinski definition) is 3. The van der Waals surface area contributed by atoms with E-state index in [1.54, 1.807) is 0 Å². The van der Waals surface area contributed by atoms with Gasteiger partial charge in [0.15, 0.2) is 0 Å². The highest BCUT2D eigenvalue weighted by molar-refractivity contribution is 5.84. The maximum Gasteiger partial charge on any atom is 0.145 e. The highest BCUT2D eigenvalue weighted by atomic mass is 16.5. The van der Waals surface area contributed by atoms with Gasteiger partial charge in [0, 0.05) is 17.1 Å². The molecular formula is C16H22N2O. The normalized spacial score (nSPS) is 13.5. The van der Waals surface area contributed by atoms with Crippen molar-refractivity contribution < 1.29 is 4.74 Å². The lowest BCUT2D eigenvalue weighted by Crippen LogP contribution is -2.40. The molecule has 2 aromatic rings. The summed E-state index contributed by atoms with van der Waals surface area (Å²) in [4.78, 5) is 4.55. The van der Waals surface area contributed by atoms with Crippen LogP contribution in [0.2, 0.25) is 0 Å². The van der Waals surface area contributed by atoms with Gasteiger partial charge in [-0.15, -0.1) is 0 Å². The Morgan fingerprint density at radius 3 is 2.63 bits per heavy atom. The lowest BCUT2D eigenvalue weighted by molar-refractivity contribution is 0.207. The number of pyridine rings is 1. The molecule has 1 atom stereocenters. The van der Waals surface area contributed by atoms with E-state index in [2.05, 4.69) is 31.8 Å². The average Bonchev–Trinajstić information content (AvgIpc) is 2.34. The fraction of sp³-hybridized carbons (Fsp3) is 0.438. The lowest BCUT2D eigenvalue weighted by Gasteiger charge is -2.27. The SMILES string of the molecule is Cc1ccc2cccc(OCC(N)C(C)(C)C)c2n1. The maximum absolute atomic E-state index is 6.13. The minimum absolute atomic E-state index is 0.00688. The molecule has 2 rings (SSSR count). The predicted molar refractivity (Wildman–Crippen MR) is 79.4 cm³/mol. The molecule has 3 nitrogen and oxygen atoms in total. The van der Waals surface area contributed by atoms with Crippen LogP contribution in [0.15, 0.2) is 30.3 Å². The average molecular weight is 258 g/mol. The smallest absolute Gasteiger partial charge is 0.145 e. The zero-order chi connectivity index (χ0) is 14.0. The van der Waals surface area contributed by atoms with E-state index in [1.165, 1.54) is 0 Å². The third-order valence-electron chi connectivity index (χ3n) is 3.35. The summed E-state index contributed by atoms with van der Waals surface area (Å²) < 4.78 is 5.88. The third-order valence-corrected chi connectivity index (χ3v) is 3.35. The van der Waals surface area contributed by atoms with E-state index < -0.39 is 0 Å². The van der Waals surface area contributed by atoms with E-state index in [0.29, 0.717) is 6.61 Å². The molecule has 0 saturated carbocycles. The Labute approximate surface area is 114 Å². The molecule has 1 unspecified atom stereocenters. The molecule has 0 aliphatic carbocycles. The molecule has 2 N–H and O–H groups in total. The van der Waals surface area contributed by atoms with Gasteiger partial charge >= 0.3 is 0 Å². The summed E-state index contributed by atoms with van der Waals surface area (Å²) in [5, 5.41) is 1.09. The van der Waals surface area contributed by atoms with E-state index in [1.807, 2.05) is 31.2 Å². The Hall–Kier alpha value is -1.61. The number of fused-ring (bicyclic) bond motifs is 1. The molecule has 19 heavy (non-hydrogen) atoms. The lowest BCUT2D eigenvalue weighted by atomic mass is 9.88. The van der Waals surface area contributed by atoms with Gasteiger partial charge in [-0.05, 0) is 24.5 Å². The van der Waals surface area contributed by atoms with Crippen molar-refractivity contribution in [2.75, 3.05) is 6.61 Å². The van der Waals surface area contributed by atoms with Crippen LogP contribution in [0.4, 0.5) is 0 Å². The first-order valence-electron chi connectivity index (χ1n) is 6.62. The zero-order valence-electron chi connectivity index (χ0n) is 12.1. The van der Waals surface area contributed by atoms with E-state index >= 15 is 0 Å². The zero-order valence-corrected chi connectivity index (χ0v) is 12.1. The number of rotatable bonds is 3. The number of ether oxygens (including phenoxy) is 1. The summed E-state index contributed by atoms with van der Waals surface area (Å²) in [6, 6.07) is 10.0. The Kier molecular flexibility index (Phi) is 3.76. The first kappa shape index (κ1) is 13.8. The Bertz CT molecular complexity index is 572. The van der Waals surface area contributed by atoms with Gasteiger partial charge in [0.25, 0.3) is 0 Å². The minimum Gasteiger partial charge on any atom is -0.490 e. The molecule has 0 aliphatic heterocycles. The summed E-state index contributed by atoms with van der Waals surface area (Å²) >= 11 is 0. The van der Waals surface area contributed by atoms with Crippen LogP contribution in [0.5, 0.6) is 5.75 Å². The van der Waals surface area contributed by atoms with Gasteiger partial charge in [-0.1, -0.05) is 39.0 Å². The first-order valence-corrected chi connectivity index (χ1v) is 6.62. The highest BCUT2D eigenvalue weighted by Gasteiger charge is 2.21. The van der Waals surface area contributed by atoms with Crippen molar-refractivity contribution in [3.05, 3.63) is 36.0 Å². The van der Waals surface area contributed by atoms with Crippen molar-refractivity contribution in [2.24, 2.45) is 11.1 Å². The second-order valence-electron chi connectivity index (χ2n) is 6.06. The molecule has 1 heterocycles. The Morgan fingerprint density at radius 2 is 1.95 bits per heavy atom. The predicted octanol–water partition coefficient (Wildman–Crippen LogP) is 3.30.